The average Bonchev–Trinajstić information content (AvgIpc) is 2.70. The van der Waals surface area contributed by atoms with E-state index >= 15 is 0 Å². The third kappa shape index (κ3) is 3.21. The van der Waals surface area contributed by atoms with Gasteiger partial charge in [-0.3, -0.25) is 0 Å². The van der Waals surface area contributed by atoms with Crippen LogP contribution in [0.15, 0.2) is 23.6 Å². The monoisotopic (exact) mass is 264 g/mol. The van der Waals surface area contributed by atoms with Crippen molar-refractivity contribution in [1.82, 2.24) is 10.3 Å². The number of hydrogen-bond donors (Lipinski definition) is 3. The van der Waals surface area contributed by atoms with Crippen LogP contribution in [-0.2, 0) is 6.54 Å². The highest BCUT2D eigenvalue weighted by Crippen LogP contribution is 2.25. The van der Waals surface area contributed by atoms with Crippen molar-refractivity contribution in [2.45, 2.75) is 26.4 Å². The fourth-order valence-corrected chi connectivity index (χ4v) is 2.43. The van der Waals surface area contributed by atoms with Gasteiger partial charge in [0.2, 0.25) is 0 Å². The number of aromatic hydroxyl groups is 2. The Labute approximate surface area is 110 Å². The predicted octanol–water partition coefficient (Wildman–Crippen LogP) is 2.71. The molecule has 3 N–H and O–H groups in total. The normalized spacial score (nSPS) is 12.6. The Bertz CT molecular complexity index is 519. The molecule has 18 heavy (non-hydrogen) atoms. The molecule has 2 rings (SSSR count). The van der Waals surface area contributed by atoms with E-state index in [1.165, 1.54) is 6.07 Å². The van der Waals surface area contributed by atoms with Gasteiger partial charge in [0.25, 0.3) is 0 Å². The Balaban J connectivity index is 2.01. The highest BCUT2D eigenvalue weighted by atomic mass is 32.1. The second-order valence-corrected chi connectivity index (χ2v) is 5.21. The molecule has 1 atom stereocenters. The van der Waals surface area contributed by atoms with Crippen LogP contribution in [0.2, 0.25) is 0 Å². The van der Waals surface area contributed by atoms with Crippen LogP contribution in [0.3, 0.4) is 0 Å². The molecule has 0 spiro atoms. The lowest BCUT2D eigenvalue weighted by molar-refractivity contribution is 0.446. The number of rotatable bonds is 4. The molecular weight excluding hydrogens is 248 g/mol. The molecule has 0 aliphatic rings. The molecule has 0 radical (unpaired) electrons. The van der Waals surface area contributed by atoms with Crippen LogP contribution in [0.25, 0.3) is 0 Å². The van der Waals surface area contributed by atoms with Gasteiger partial charge in [0.1, 0.15) is 16.5 Å². The zero-order valence-corrected chi connectivity index (χ0v) is 11.2. The molecule has 0 bridgehead atoms. The highest BCUT2D eigenvalue weighted by Gasteiger charge is 2.08. The zero-order chi connectivity index (χ0) is 13.1. The van der Waals surface area contributed by atoms with Gasteiger partial charge in [-0.05, 0) is 31.5 Å². The van der Waals surface area contributed by atoms with Gasteiger partial charge in [0.05, 0.1) is 0 Å². The van der Waals surface area contributed by atoms with Crippen molar-refractivity contribution in [3.63, 3.8) is 0 Å². The standard InChI is InChI=1S/C13H16N2O2S/c1-8-7-18-13(15-8)6-14-9(2)10-3-11(16)5-12(17)4-10/h3-5,7,9,14,16-17H,6H2,1-2H3. The molecular formula is C13H16N2O2S. The summed E-state index contributed by atoms with van der Waals surface area (Å²) >= 11 is 1.62. The Hall–Kier alpha value is -1.59. The van der Waals surface area contributed by atoms with Crippen LogP contribution in [0.4, 0.5) is 0 Å². The van der Waals surface area contributed by atoms with Crippen LogP contribution >= 0.6 is 11.3 Å². The summed E-state index contributed by atoms with van der Waals surface area (Å²) in [5.74, 6) is 0.146. The maximum absolute atomic E-state index is 9.43. The van der Waals surface area contributed by atoms with Crippen LogP contribution in [0.5, 0.6) is 11.5 Å². The van der Waals surface area contributed by atoms with Crippen molar-refractivity contribution < 1.29 is 10.2 Å². The Morgan fingerprint density at radius 2 is 1.94 bits per heavy atom. The minimum atomic E-state index is 0.0345. The zero-order valence-electron chi connectivity index (χ0n) is 10.3. The lowest BCUT2D eigenvalue weighted by Crippen LogP contribution is -2.17. The van der Waals surface area contributed by atoms with Crippen molar-refractivity contribution in [1.29, 1.82) is 0 Å². The molecule has 1 aromatic heterocycles. The minimum Gasteiger partial charge on any atom is -0.508 e. The van der Waals surface area contributed by atoms with Crippen molar-refractivity contribution >= 4 is 11.3 Å². The summed E-state index contributed by atoms with van der Waals surface area (Å²) in [6.45, 7) is 4.63. The first-order valence-corrected chi connectivity index (χ1v) is 6.60. The van der Waals surface area contributed by atoms with Crippen molar-refractivity contribution in [2.24, 2.45) is 0 Å². The van der Waals surface area contributed by atoms with Crippen molar-refractivity contribution in [3.05, 3.63) is 39.8 Å². The molecule has 0 saturated heterocycles. The highest BCUT2D eigenvalue weighted by molar-refractivity contribution is 7.09. The number of phenolic OH excluding ortho intramolecular Hbond substituents is 2. The number of phenols is 2. The van der Waals surface area contributed by atoms with E-state index in [9.17, 15) is 10.2 Å². The molecule has 5 heteroatoms. The van der Waals surface area contributed by atoms with Gasteiger partial charge >= 0.3 is 0 Å². The fourth-order valence-electron chi connectivity index (χ4n) is 1.71. The fraction of sp³-hybridized carbons (Fsp3) is 0.308. The van der Waals surface area contributed by atoms with Gasteiger partial charge in [0.15, 0.2) is 0 Å². The summed E-state index contributed by atoms with van der Waals surface area (Å²) < 4.78 is 0. The van der Waals surface area contributed by atoms with Crippen LogP contribution in [0.1, 0.15) is 29.2 Å². The summed E-state index contributed by atoms with van der Waals surface area (Å²) in [5.41, 5.74) is 1.88. The van der Waals surface area contributed by atoms with E-state index in [1.807, 2.05) is 19.2 Å². The number of thiazole rings is 1. The average molecular weight is 264 g/mol. The van der Waals surface area contributed by atoms with E-state index in [2.05, 4.69) is 10.3 Å². The molecule has 0 fully saturated rings. The number of nitrogens with zero attached hydrogens (tertiary/aromatic N) is 1. The number of benzene rings is 1. The quantitative estimate of drug-likeness (QED) is 0.794. The maximum atomic E-state index is 9.43. The largest absolute Gasteiger partial charge is 0.508 e. The summed E-state index contributed by atoms with van der Waals surface area (Å²) in [6, 6.07) is 4.64. The molecule has 0 saturated carbocycles. The van der Waals surface area contributed by atoms with Crippen LogP contribution in [0, 0.1) is 6.92 Å². The smallest absolute Gasteiger partial charge is 0.119 e. The van der Waals surface area contributed by atoms with Crippen molar-refractivity contribution in [3.8, 4) is 11.5 Å². The number of hydrogen-bond acceptors (Lipinski definition) is 5. The summed E-state index contributed by atoms with van der Waals surface area (Å²) in [4.78, 5) is 4.37. The number of aromatic nitrogens is 1. The molecule has 1 aromatic carbocycles. The number of nitrogens with one attached hydrogen (secondary N) is 1. The van der Waals surface area contributed by atoms with Crippen LogP contribution < -0.4 is 5.32 Å². The van der Waals surface area contributed by atoms with E-state index in [4.69, 9.17) is 0 Å². The van der Waals surface area contributed by atoms with Gasteiger partial charge in [-0.1, -0.05) is 0 Å². The third-order valence-corrected chi connectivity index (χ3v) is 3.62. The second kappa shape index (κ2) is 5.37. The summed E-state index contributed by atoms with van der Waals surface area (Å²) in [5, 5.41) is 25.2. The van der Waals surface area contributed by atoms with E-state index in [0.717, 1.165) is 16.3 Å². The maximum Gasteiger partial charge on any atom is 0.119 e. The molecule has 96 valence electrons. The van der Waals surface area contributed by atoms with Gasteiger partial charge in [-0.2, -0.15) is 0 Å². The van der Waals surface area contributed by atoms with E-state index in [-0.39, 0.29) is 17.5 Å². The molecule has 0 aliphatic heterocycles. The molecule has 2 aromatic rings. The molecule has 0 aliphatic carbocycles. The molecule has 1 heterocycles. The van der Waals surface area contributed by atoms with Gasteiger partial charge in [-0.15, -0.1) is 11.3 Å². The lowest BCUT2D eigenvalue weighted by Gasteiger charge is -2.14. The van der Waals surface area contributed by atoms with Crippen LogP contribution in [-0.4, -0.2) is 15.2 Å². The Kier molecular flexibility index (Phi) is 3.84. The SMILES string of the molecule is Cc1csc(CNC(C)c2cc(O)cc(O)c2)n1. The lowest BCUT2D eigenvalue weighted by atomic mass is 10.1. The first-order valence-electron chi connectivity index (χ1n) is 5.72. The van der Waals surface area contributed by atoms with Gasteiger partial charge < -0.3 is 15.5 Å². The van der Waals surface area contributed by atoms with Gasteiger partial charge in [0, 0.05) is 29.7 Å². The summed E-state index contributed by atoms with van der Waals surface area (Å²) in [6.07, 6.45) is 0. The van der Waals surface area contributed by atoms with Gasteiger partial charge in [-0.25, -0.2) is 4.98 Å². The Morgan fingerprint density at radius 1 is 1.28 bits per heavy atom. The molecule has 1 unspecified atom stereocenters. The Morgan fingerprint density at radius 3 is 2.50 bits per heavy atom. The van der Waals surface area contributed by atoms with E-state index < -0.39 is 0 Å². The topological polar surface area (TPSA) is 65.4 Å². The molecule has 4 nitrogen and oxygen atoms in total. The first-order chi connectivity index (χ1) is 8.54. The summed E-state index contributed by atoms with van der Waals surface area (Å²) in [7, 11) is 0. The minimum absolute atomic E-state index is 0.0345. The first kappa shape index (κ1) is 12.9. The van der Waals surface area contributed by atoms with E-state index in [0.29, 0.717) is 6.54 Å². The van der Waals surface area contributed by atoms with E-state index in [1.54, 1.807) is 23.5 Å². The number of aryl methyl sites for hydroxylation is 1. The van der Waals surface area contributed by atoms with Crippen molar-refractivity contribution in [2.75, 3.05) is 0 Å². The predicted molar refractivity (Wildman–Crippen MR) is 71.9 cm³/mol. The second-order valence-electron chi connectivity index (χ2n) is 4.27. The third-order valence-electron chi connectivity index (χ3n) is 2.65. The molecule has 0 amide bonds.